The molecular formula is C25H50N2O. The molecule has 0 amide bonds. The average molecular weight is 395 g/mol. The minimum absolute atomic E-state index is 0.517. The molecule has 2 rings (SSSR count). The molecule has 1 saturated heterocycles. The van der Waals surface area contributed by atoms with Gasteiger partial charge < -0.3 is 15.4 Å². The molecule has 0 spiro atoms. The van der Waals surface area contributed by atoms with Crippen molar-refractivity contribution in [2.75, 3.05) is 19.7 Å². The first-order chi connectivity index (χ1) is 13.7. The Morgan fingerprint density at radius 1 is 0.821 bits per heavy atom. The van der Waals surface area contributed by atoms with Crippen LogP contribution < -0.4 is 10.6 Å². The van der Waals surface area contributed by atoms with Gasteiger partial charge in [-0.3, -0.25) is 0 Å². The van der Waals surface area contributed by atoms with E-state index in [4.69, 9.17) is 4.74 Å². The van der Waals surface area contributed by atoms with E-state index in [1.807, 2.05) is 0 Å². The van der Waals surface area contributed by atoms with Crippen molar-refractivity contribution >= 4 is 0 Å². The lowest BCUT2D eigenvalue weighted by molar-refractivity contribution is -0.00484. The van der Waals surface area contributed by atoms with Crippen LogP contribution in [0.3, 0.4) is 0 Å². The molecule has 2 N–H and O–H groups in total. The molecule has 0 radical (unpaired) electrons. The van der Waals surface area contributed by atoms with Crippen molar-refractivity contribution in [3.8, 4) is 0 Å². The van der Waals surface area contributed by atoms with Crippen LogP contribution in [0.1, 0.15) is 111 Å². The van der Waals surface area contributed by atoms with Crippen LogP contribution in [0.25, 0.3) is 0 Å². The van der Waals surface area contributed by atoms with Crippen LogP contribution in [0, 0.1) is 17.8 Å². The summed E-state index contributed by atoms with van der Waals surface area (Å²) in [5.74, 6) is 2.34. The maximum atomic E-state index is 6.14. The molecule has 1 heterocycles. The zero-order valence-electron chi connectivity index (χ0n) is 19.3. The zero-order valence-corrected chi connectivity index (χ0v) is 19.3. The third-order valence-corrected chi connectivity index (χ3v) is 7.22. The molecule has 0 aromatic carbocycles. The average Bonchev–Trinajstić information content (AvgIpc) is 2.74. The molecule has 1 aliphatic carbocycles. The molecule has 1 aliphatic heterocycles. The standard InChI is InChI=1S/C25H50N2O/c1-4-6-7-8-9-10-11-12-13-22-18-26-25(27-19-22)23-14-16-24(17-15-23)28-20-21(3)5-2/h21-27H,4-20H2,1-3H3. The number of nitrogens with one attached hydrogen (secondary N) is 2. The van der Waals surface area contributed by atoms with Crippen molar-refractivity contribution in [3.05, 3.63) is 0 Å². The monoisotopic (exact) mass is 394 g/mol. The molecule has 0 aromatic heterocycles. The van der Waals surface area contributed by atoms with Crippen molar-refractivity contribution in [1.82, 2.24) is 10.6 Å². The third-order valence-electron chi connectivity index (χ3n) is 7.22. The van der Waals surface area contributed by atoms with Crippen LogP contribution in [-0.4, -0.2) is 32.0 Å². The molecule has 28 heavy (non-hydrogen) atoms. The maximum Gasteiger partial charge on any atom is 0.0600 e. The molecule has 3 heteroatoms. The van der Waals surface area contributed by atoms with Crippen molar-refractivity contribution < 1.29 is 4.74 Å². The molecule has 1 unspecified atom stereocenters. The lowest BCUT2D eigenvalue weighted by Crippen LogP contribution is -2.56. The summed E-state index contributed by atoms with van der Waals surface area (Å²) in [6.07, 6.45) is 20.3. The number of hydrogen-bond donors (Lipinski definition) is 2. The summed E-state index contributed by atoms with van der Waals surface area (Å²) in [6.45, 7) is 10.2. The Kier molecular flexibility index (Phi) is 12.8. The van der Waals surface area contributed by atoms with Gasteiger partial charge in [-0.2, -0.15) is 0 Å². The van der Waals surface area contributed by atoms with Crippen LogP contribution in [0.15, 0.2) is 0 Å². The van der Waals surface area contributed by atoms with Gasteiger partial charge in [0.05, 0.1) is 12.3 Å². The summed E-state index contributed by atoms with van der Waals surface area (Å²) >= 11 is 0. The molecule has 1 saturated carbocycles. The Bertz CT molecular complexity index is 360. The van der Waals surface area contributed by atoms with Crippen molar-refractivity contribution in [1.29, 1.82) is 0 Å². The van der Waals surface area contributed by atoms with Crippen LogP contribution in [0.2, 0.25) is 0 Å². The summed E-state index contributed by atoms with van der Waals surface area (Å²) in [5, 5.41) is 7.67. The second kappa shape index (κ2) is 14.8. The van der Waals surface area contributed by atoms with E-state index in [1.165, 1.54) is 103 Å². The van der Waals surface area contributed by atoms with Gasteiger partial charge in [-0.25, -0.2) is 0 Å². The maximum absolute atomic E-state index is 6.14. The summed E-state index contributed by atoms with van der Waals surface area (Å²) in [7, 11) is 0. The second-order valence-electron chi connectivity index (χ2n) is 9.81. The predicted molar refractivity (Wildman–Crippen MR) is 122 cm³/mol. The SMILES string of the molecule is CCCCCCCCCCC1CNC(C2CCC(OCC(C)CC)CC2)NC1. The first kappa shape index (κ1) is 24.2. The quantitative estimate of drug-likeness (QED) is 0.340. The van der Waals surface area contributed by atoms with E-state index >= 15 is 0 Å². The highest BCUT2D eigenvalue weighted by molar-refractivity contribution is 4.85. The molecule has 2 fully saturated rings. The zero-order chi connectivity index (χ0) is 20.0. The van der Waals surface area contributed by atoms with Gasteiger partial charge in [0.15, 0.2) is 0 Å². The van der Waals surface area contributed by atoms with Crippen molar-refractivity contribution in [2.45, 2.75) is 123 Å². The van der Waals surface area contributed by atoms with Gasteiger partial charge in [0, 0.05) is 19.7 Å². The van der Waals surface area contributed by atoms with Crippen LogP contribution in [0.5, 0.6) is 0 Å². The minimum Gasteiger partial charge on any atom is -0.378 e. The third kappa shape index (κ3) is 9.59. The van der Waals surface area contributed by atoms with Gasteiger partial charge >= 0.3 is 0 Å². The highest BCUT2D eigenvalue weighted by Gasteiger charge is 2.30. The Balaban J connectivity index is 1.47. The minimum atomic E-state index is 0.517. The normalized spacial score (nSPS) is 29.7. The van der Waals surface area contributed by atoms with Crippen molar-refractivity contribution in [2.24, 2.45) is 17.8 Å². The predicted octanol–water partition coefficient (Wildman–Crippen LogP) is 6.27. The van der Waals surface area contributed by atoms with E-state index in [0.717, 1.165) is 18.4 Å². The number of unbranched alkanes of at least 4 members (excludes halogenated alkanes) is 7. The van der Waals surface area contributed by atoms with Gasteiger partial charge in [0.2, 0.25) is 0 Å². The molecule has 1 atom stereocenters. The first-order valence-electron chi connectivity index (χ1n) is 12.8. The Hall–Kier alpha value is -0.120. The van der Waals surface area contributed by atoms with Crippen LogP contribution in [-0.2, 0) is 4.74 Å². The summed E-state index contributed by atoms with van der Waals surface area (Å²) < 4.78 is 6.14. The summed E-state index contributed by atoms with van der Waals surface area (Å²) in [5.41, 5.74) is 0. The van der Waals surface area contributed by atoms with Crippen LogP contribution >= 0.6 is 0 Å². The molecule has 0 aromatic rings. The number of hydrogen-bond acceptors (Lipinski definition) is 3. The number of ether oxygens (including phenoxy) is 1. The van der Waals surface area contributed by atoms with E-state index in [0.29, 0.717) is 18.2 Å². The van der Waals surface area contributed by atoms with Gasteiger partial charge in [-0.15, -0.1) is 0 Å². The topological polar surface area (TPSA) is 33.3 Å². The fourth-order valence-electron chi connectivity index (χ4n) is 4.84. The van der Waals surface area contributed by atoms with Gasteiger partial charge in [0.25, 0.3) is 0 Å². The highest BCUT2D eigenvalue weighted by atomic mass is 16.5. The largest absolute Gasteiger partial charge is 0.378 e. The fourth-order valence-corrected chi connectivity index (χ4v) is 4.84. The fraction of sp³-hybridized carbons (Fsp3) is 1.00. The first-order valence-corrected chi connectivity index (χ1v) is 12.8. The van der Waals surface area contributed by atoms with Gasteiger partial charge in [-0.05, 0) is 49.9 Å². The highest BCUT2D eigenvalue weighted by Crippen LogP contribution is 2.29. The molecular weight excluding hydrogens is 344 g/mol. The Labute approximate surface area is 176 Å². The van der Waals surface area contributed by atoms with Crippen molar-refractivity contribution in [3.63, 3.8) is 0 Å². The van der Waals surface area contributed by atoms with Gasteiger partial charge in [-0.1, -0.05) is 78.6 Å². The second-order valence-corrected chi connectivity index (χ2v) is 9.81. The Morgan fingerprint density at radius 2 is 1.43 bits per heavy atom. The smallest absolute Gasteiger partial charge is 0.0600 e. The number of rotatable bonds is 14. The van der Waals surface area contributed by atoms with E-state index < -0.39 is 0 Å². The van der Waals surface area contributed by atoms with E-state index in [-0.39, 0.29) is 0 Å². The molecule has 0 bridgehead atoms. The lowest BCUT2D eigenvalue weighted by Gasteiger charge is -2.39. The Morgan fingerprint density at radius 3 is 2.04 bits per heavy atom. The van der Waals surface area contributed by atoms with E-state index in [1.54, 1.807) is 0 Å². The molecule has 2 aliphatic rings. The van der Waals surface area contributed by atoms with E-state index in [9.17, 15) is 0 Å². The summed E-state index contributed by atoms with van der Waals surface area (Å²) in [4.78, 5) is 0. The lowest BCUT2D eigenvalue weighted by atomic mass is 9.84. The van der Waals surface area contributed by atoms with Gasteiger partial charge in [0.1, 0.15) is 0 Å². The summed E-state index contributed by atoms with van der Waals surface area (Å²) in [6, 6.07) is 0. The molecule has 3 nitrogen and oxygen atoms in total. The molecule has 166 valence electrons. The van der Waals surface area contributed by atoms with Crippen LogP contribution in [0.4, 0.5) is 0 Å². The van der Waals surface area contributed by atoms with E-state index in [2.05, 4.69) is 31.4 Å².